The molecule has 2 unspecified atom stereocenters. The lowest BCUT2D eigenvalue weighted by Crippen LogP contribution is -2.45. The van der Waals surface area contributed by atoms with Gasteiger partial charge in [0, 0.05) is 11.1 Å². The van der Waals surface area contributed by atoms with Crippen molar-refractivity contribution in [1.82, 2.24) is 4.90 Å². The van der Waals surface area contributed by atoms with Crippen molar-refractivity contribution in [3.05, 3.63) is 21.9 Å². The van der Waals surface area contributed by atoms with Crippen molar-refractivity contribution >= 4 is 35.0 Å². The molecule has 98 valence electrons. The maximum atomic E-state index is 12.5. The van der Waals surface area contributed by atoms with Crippen LogP contribution in [0.15, 0.2) is 10.8 Å². The predicted molar refractivity (Wildman–Crippen MR) is 73.2 cm³/mol. The maximum absolute atomic E-state index is 12.5. The number of carbonyl (C=O) groups excluding carboxylic acids is 1. The van der Waals surface area contributed by atoms with Crippen LogP contribution < -0.4 is 0 Å². The number of carbonyl (C=O) groups is 2. The molecule has 1 amide bonds. The lowest BCUT2D eigenvalue weighted by molar-refractivity contribution is -0.141. The van der Waals surface area contributed by atoms with Gasteiger partial charge in [-0.05, 0) is 24.3 Å². The number of amides is 1. The van der Waals surface area contributed by atoms with Gasteiger partial charge >= 0.3 is 5.97 Å². The second-order valence-electron chi connectivity index (χ2n) is 4.23. The molecule has 1 N–H and O–H groups in total. The first-order valence-corrected chi connectivity index (χ1v) is 7.75. The van der Waals surface area contributed by atoms with Gasteiger partial charge in [-0.2, -0.15) is 11.3 Å². The van der Waals surface area contributed by atoms with Crippen LogP contribution in [-0.2, 0) is 4.79 Å². The SMILES string of the molecule is CCC1SCC(C(=O)O)N1C(=O)c1cscc1C. The molecule has 1 aliphatic rings. The van der Waals surface area contributed by atoms with Crippen molar-refractivity contribution in [2.45, 2.75) is 31.7 Å². The normalized spacial score (nSPS) is 23.3. The van der Waals surface area contributed by atoms with E-state index in [4.69, 9.17) is 0 Å². The van der Waals surface area contributed by atoms with Gasteiger partial charge in [0.1, 0.15) is 6.04 Å². The summed E-state index contributed by atoms with van der Waals surface area (Å²) < 4.78 is 0. The number of nitrogens with zero attached hydrogens (tertiary/aromatic N) is 1. The Morgan fingerprint density at radius 3 is 2.72 bits per heavy atom. The number of aryl methyl sites for hydroxylation is 1. The Bertz CT molecular complexity index is 472. The van der Waals surface area contributed by atoms with E-state index in [1.54, 1.807) is 17.1 Å². The molecule has 6 heteroatoms. The number of carboxylic acids is 1. The van der Waals surface area contributed by atoms with Crippen molar-refractivity contribution < 1.29 is 14.7 Å². The third kappa shape index (κ3) is 2.27. The van der Waals surface area contributed by atoms with Gasteiger partial charge in [0.15, 0.2) is 0 Å². The van der Waals surface area contributed by atoms with Gasteiger partial charge < -0.3 is 10.0 Å². The molecule has 0 spiro atoms. The van der Waals surface area contributed by atoms with Crippen molar-refractivity contribution in [2.75, 3.05) is 5.75 Å². The first kappa shape index (κ1) is 13.4. The van der Waals surface area contributed by atoms with Crippen LogP contribution in [0.3, 0.4) is 0 Å². The van der Waals surface area contributed by atoms with Crippen molar-refractivity contribution in [3.63, 3.8) is 0 Å². The Balaban J connectivity index is 2.30. The zero-order chi connectivity index (χ0) is 13.3. The molecular formula is C12H15NO3S2. The quantitative estimate of drug-likeness (QED) is 0.926. The number of thiophene rings is 1. The highest BCUT2D eigenvalue weighted by Gasteiger charge is 2.41. The summed E-state index contributed by atoms with van der Waals surface area (Å²) in [6.07, 6.45) is 0.767. The van der Waals surface area contributed by atoms with E-state index < -0.39 is 12.0 Å². The van der Waals surface area contributed by atoms with Gasteiger partial charge in [-0.15, -0.1) is 11.8 Å². The van der Waals surface area contributed by atoms with Crippen LogP contribution in [0, 0.1) is 6.92 Å². The molecule has 0 aliphatic carbocycles. The number of aliphatic carboxylic acids is 1. The van der Waals surface area contributed by atoms with Crippen LogP contribution in [-0.4, -0.2) is 39.1 Å². The summed E-state index contributed by atoms with van der Waals surface area (Å²) in [5.74, 6) is -0.597. The standard InChI is InChI=1S/C12H15NO3S2/c1-3-10-13(9(6-18-10)12(15)16)11(14)8-5-17-4-7(8)2/h4-5,9-10H,3,6H2,1-2H3,(H,15,16). The van der Waals surface area contributed by atoms with Crippen molar-refractivity contribution in [3.8, 4) is 0 Å². The van der Waals surface area contributed by atoms with E-state index >= 15 is 0 Å². The van der Waals surface area contributed by atoms with Crippen LogP contribution in [0.1, 0.15) is 29.3 Å². The second kappa shape index (κ2) is 5.32. The molecule has 1 aliphatic heterocycles. The first-order valence-electron chi connectivity index (χ1n) is 5.76. The maximum Gasteiger partial charge on any atom is 0.327 e. The third-order valence-corrected chi connectivity index (χ3v) is 5.36. The average Bonchev–Trinajstić information content (AvgIpc) is 2.93. The number of carboxylic acid groups (broad SMARTS) is 1. The first-order chi connectivity index (χ1) is 8.56. The molecule has 2 atom stereocenters. The van der Waals surface area contributed by atoms with Crippen molar-refractivity contribution in [2.24, 2.45) is 0 Å². The lowest BCUT2D eigenvalue weighted by atomic mass is 10.1. The molecule has 1 aromatic heterocycles. The molecule has 0 bridgehead atoms. The number of rotatable bonds is 3. The van der Waals surface area contributed by atoms with E-state index in [1.165, 1.54) is 16.2 Å². The molecule has 0 radical (unpaired) electrons. The molecule has 2 heterocycles. The minimum absolute atomic E-state index is 0.0297. The van der Waals surface area contributed by atoms with Gasteiger partial charge in [0.2, 0.25) is 0 Å². The van der Waals surface area contributed by atoms with Crippen LogP contribution >= 0.6 is 23.1 Å². The second-order valence-corrected chi connectivity index (χ2v) is 6.19. The highest BCUT2D eigenvalue weighted by molar-refractivity contribution is 8.00. The molecule has 0 aromatic carbocycles. The Kier molecular flexibility index (Phi) is 3.97. The summed E-state index contributed by atoms with van der Waals surface area (Å²) in [5.41, 5.74) is 1.55. The summed E-state index contributed by atoms with van der Waals surface area (Å²) in [4.78, 5) is 25.2. The van der Waals surface area contributed by atoms with Gasteiger partial charge in [-0.25, -0.2) is 4.79 Å². The molecule has 0 saturated carbocycles. The summed E-state index contributed by atoms with van der Waals surface area (Å²) in [5, 5.41) is 12.9. The molecule has 2 rings (SSSR count). The minimum atomic E-state index is -0.917. The smallest absolute Gasteiger partial charge is 0.327 e. The number of hydrogen-bond donors (Lipinski definition) is 1. The Hall–Kier alpha value is -1.01. The zero-order valence-corrected chi connectivity index (χ0v) is 11.9. The monoisotopic (exact) mass is 285 g/mol. The van der Waals surface area contributed by atoms with E-state index in [-0.39, 0.29) is 11.3 Å². The molecule has 1 aromatic rings. The Morgan fingerprint density at radius 2 is 2.22 bits per heavy atom. The van der Waals surface area contributed by atoms with E-state index in [2.05, 4.69) is 0 Å². The highest BCUT2D eigenvalue weighted by Crippen LogP contribution is 2.33. The van der Waals surface area contributed by atoms with Crippen LogP contribution in [0.4, 0.5) is 0 Å². The van der Waals surface area contributed by atoms with E-state index in [9.17, 15) is 14.7 Å². The Labute approximate surface area is 114 Å². The topological polar surface area (TPSA) is 57.6 Å². The summed E-state index contributed by atoms with van der Waals surface area (Å²) in [6, 6.07) is -0.702. The third-order valence-electron chi connectivity index (χ3n) is 3.05. The van der Waals surface area contributed by atoms with Gasteiger partial charge in [-0.3, -0.25) is 4.79 Å². The molecule has 18 heavy (non-hydrogen) atoms. The van der Waals surface area contributed by atoms with Crippen LogP contribution in [0.25, 0.3) is 0 Å². The molecule has 1 saturated heterocycles. The van der Waals surface area contributed by atoms with Gasteiger partial charge in [0.05, 0.1) is 10.9 Å². The predicted octanol–water partition coefficient (Wildman–Crippen LogP) is 2.43. The van der Waals surface area contributed by atoms with Gasteiger partial charge in [0.25, 0.3) is 5.91 Å². The average molecular weight is 285 g/mol. The van der Waals surface area contributed by atoms with E-state index in [1.807, 2.05) is 19.2 Å². The number of hydrogen-bond acceptors (Lipinski definition) is 4. The van der Waals surface area contributed by atoms with Gasteiger partial charge in [-0.1, -0.05) is 6.92 Å². The van der Waals surface area contributed by atoms with E-state index in [0.717, 1.165) is 12.0 Å². The Morgan fingerprint density at radius 1 is 1.50 bits per heavy atom. The highest BCUT2D eigenvalue weighted by atomic mass is 32.2. The van der Waals surface area contributed by atoms with Crippen LogP contribution in [0.5, 0.6) is 0 Å². The number of thioether (sulfide) groups is 1. The summed E-state index contributed by atoms with van der Waals surface area (Å²) in [7, 11) is 0. The van der Waals surface area contributed by atoms with E-state index in [0.29, 0.717) is 11.3 Å². The van der Waals surface area contributed by atoms with Crippen LogP contribution in [0.2, 0.25) is 0 Å². The summed E-state index contributed by atoms with van der Waals surface area (Å²) in [6.45, 7) is 3.85. The molecule has 4 nitrogen and oxygen atoms in total. The lowest BCUT2D eigenvalue weighted by Gasteiger charge is -2.26. The molecule has 1 fully saturated rings. The summed E-state index contributed by atoms with van der Waals surface area (Å²) >= 11 is 3.02. The van der Waals surface area contributed by atoms with Crippen molar-refractivity contribution in [1.29, 1.82) is 0 Å². The zero-order valence-electron chi connectivity index (χ0n) is 10.3. The minimum Gasteiger partial charge on any atom is -0.480 e. The largest absolute Gasteiger partial charge is 0.480 e. The fraction of sp³-hybridized carbons (Fsp3) is 0.500. The fourth-order valence-corrected chi connectivity index (χ4v) is 4.23. The fourth-order valence-electron chi connectivity index (χ4n) is 2.06. The molecular weight excluding hydrogens is 270 g/mol.